The number of halogens is 4. The van der Waals surface area contributed by atoms with E-state index in [0.29, 0.717) is 44.8 Å². The summed E-state index contributed by atoms with van der Waals surface area (Å²) in [6, 6.07) is 6.49. The smallest absolute Gasteiger partial charge is 0.302 e. The van der Waals surface area contributed by atoms with Gasteiger partial charge in [-0.05, 0) is 37.4 Å². The number of nitriles is 2. The number of amides is 1. The van der Waals surface area contributed by atoms with Gasteiger partial charge in [0.15, 0.2) is 11.6 Å². The number of nitrogens with zero attached hydrogens (tertiary/aromatic N) is 7. The number of anilines is 1. The number of hydrogen-bond acceptors (Lipinski definition) is 12. The summed E-state index contributed by atoms with van der Waals surface area (Å²) in [5, 5.41) is 23.3. The summed E-state index contributed by atoms with van der Waals surface area (Å²) in [5.41, 5.74) is 5.51. The molecule has 53 heavy (non-hydrogen) atoms. The van der Waals surface area contributed by atoms with Crippen LogP contribution in [0.5, 0.6) is 5.75 Å². The van der Waals surface area contributed by atoms with Crippen LogP contribution in [-0.2, 0) is 9.53 Å². The Bertz CT molecular complexity index is 2290. The van der Waals surface area contributed by atoms with Crippen molar-refractivity contribution in [3.8, 4) is 29.0 Å². The van der Waals surface area contributed by atoms with Gasteiger partial charge in [-0.25, -0.2) is 13.2 Å². The maximum absolute atomic E-state index is 17.5. The van der Waals surface area contributed by atoms with Gasteiger partial charge in [0.05, 0.1) is 49.7 Å². The van der Waals surface area contributed by atoms with Crippen LogP contribution in [0.3, 0.4) is 0 Å². The highest BCUT2D eigenvalue weighted by atomic mass is 35.5. The zero-order valence-corrected chi connectivity index (χ0v) is 30.3. The molecule has 3 aromatic rings. The van der Waals surface area contributed by atoms with Gasteiger partial charge in [-0.3, -0.25) is 14.7 Å². The Morgan fingerprint density at radius 3 is 2.91 bits per heavy atom. The molecule has 1 aromatic heterocycles. The van der Waals surface area contributed by atoms with Crippen molar-refractivity contribution in [1.29, 1.82) is 10.5 Å². The first-order chi connectivity index (χ1) is 25.5. The Morgan fingerprint density at radius 1 is 1.34 bits per heavy atom. The summed E-state index contributed by atoms with van der Waals surface area (Å²) in [7, 11) is 1.73. The minimum atomic E-state index is -0.998. The number of nitrogens with two attached hydrogens (primary N) is 1. The summed E-state index contributed by atoms with van der Waals surface area (Å²) in [5.74, 6) is -1.55. The molecule has 8 rings (SSSR count). The average Bonchev–Trinajstić information content (AvgIpc) is 3.77. The van der Waals surface area contributed by atoms with Crippen molar-refractivity contribution in [3.63, 3.8) is 0 Å². The average molecular weight is 766 g/mol. The quantitative estimate of drug-likeness (QED) is 0.232. The number of rotatable bonds is 10. The van der Waals surface area contributed by atoms with Crippen LogP contribution in [0.2, 0.25) is 5.02 Å². The van der Waals surface area contributed by atoms with Crippen molar-refractivity contribution >= 4 is 49.8 Å². The molecule has 3 N–H and O–H groups in total. The molecule has 3 atom stereocenters. The lowest BCUT2D eigenvalue weighted by molar-refractivity contribution is -0.129. The molecular weight excluding hydrogens is 731 g/mol. The predicted octanol–water partition coefficient (Wildman–Crippen LogP) is 3.34. The van der Waals surface area contributed by atoms with Crippen molar-refractivity contribution in [2.75, 3.05) is 65.3 Å². The molecule has 5 aliphatic heterocycles. The molecule has 5 aliphatic rings. The monoisotopic (exact) mass is 765 g/mol. The summed E-state index contributed by atoms with van der Waals surface area (Å²) >= 11 is 7.95. The molecule has 0 aliphatic carbocycles. The van der Waals surface area contributed by atoms with Crippen molar-refractivity contribution < 1.29 is 27.4 Å². The number of carbonyl (C=O) groups excluding carboxylic acids is 1. The number of carbonyl (C=O) groups is 1. The fourth-order valence-electron chi connectivity index (χ4n) is 8.06. The van der Waals surface area contributed by atoms with Crippen molar-refractivity contribution in [2.24, 2.45) is 4.99 Å². The second-order valence-corrected chi connectivity index (χ2v) is 15.4. The van der Waals surface area contributed by atoms with Crippen LogP contribution in [0.1, 0.15) is 31.2 Å². The number of benzene rings is 2. The minimum Gasteiger partial charge on any atom is -0.462 e. The fraction of sp³-hybridized carbons (Fsp3) is 0.444. The predicted molar refractivity (Wildman–Crippen MR) is 191 cm³/mol. The van der Waals surface area contributed by atoms with Crippen molar-refractivity contribution in [2.45, 2.75) is 43.4 Å². The maximum atomic E-state index is 17.5. The Hall–Kier alpha value is -4.74. The number of fused-ring (bicyclic) bond motifs is 2. The normalized spacial score (nSPS) is 23.0. The Labute approximate surface area is 311 Å². The summed E-state index contributed by atoms with van der Waals surface area (Å²) in [6.45, 7) is 2.35. The fourth-order valence-corrected chi connectivity index (χ4v) is 9.35. The first kappa shape index (κ1) is 35.3. The first-order valence-corrected chi connectivity index (χ1v) is 18.5. The van der Waals surface area contributed by atoms with Gasteiger partial charge in [-0.2, -0.15) is 10.5 Å². The second kappa shape index (κ2) is 13.6. The highest BCUT2D eigenvalue weighted by molar-refractivity contribution is 7.23. The molecule has 0 spiro atoms. The lowest BCUT2D eigenvalue weighted by atomic mass is 9.95. The van der Waals surface area contributed by atoms with Gasteiger partial charge >= 0.3 is 5.95 Å². The Kier molecular flexibility index (Phi) is 9.05. The van der Waals surface area contributed by atoms with Crippen LogP contribution >= 0.6 is 22.9 Å². The molecule has 17 heteroatoms. The van der Waals surface area contributed by atoms with E-state index in [1.54, 1.807) is 27.9 Å². The van der Waals surface area contributed by atoms with Crippen LogP contribution in [-0.4, -0.2) is 103 Å². The number of alkyl halides is 1. The van der Waals surface area contributed by atoms with E-state index in [9.17, 15) is 19.7 Å². The molecule has 0 bridgehead atoms. The minimum absolute atomic E-state index is 0.0111. The number of hydrogen-bond donors (Lipinski definition) is 2. The van der Waals surface area contributed by atoms with E-state index in [1.165, 1.54) is 6.07 Å². The maximum Gasteiger partial charge on any atom is 0.302 e. The SMILES string of the molecule is CN(CCCN1C=C(OC[C@@]23CCCN2C[C@H](F)C3)Oc2c(F)c(-c3ccc(F)c4sc(N)c(C#N)c34)c(Cl)c3c2=C1N(CC#N)CN=3)C(=O)[C@H]1CN1. The number of nitrogens with one attached hydrogen (secondary N) is 1. The van der Waals surface area contributed by atoms with Crippen LogP contribution in [0.15, 0.2) is 29.3 Å². The van der Waals surface area contributed by atoms with E-state index in [1.807, 2.05) is 6.07 Å². The number of thiophene rings is 1. The summed E-state index contributed by atoms with van der Waals surface area (Å²) in [4.78, 5) is 24.6. The Morgan fingerprint density at radius 2 is 2.15 bits per heavy atom. The first-order valence-electron chi connectivity index (χ1n) is 17.3. The third-order valence-corrected chi connectivity index (χ3v) is 12.0. The third-order valence-electron chi connectivity index (χ3n) is 10.6. The van der Waals surface area contributed by atoms with Crippen molar-refractivity contribution in [3.05, 3.63) is 57.1 Å². The van der Waals surface area contributed by atoms with Gasteiger partial charge in [-0.15, -0.1) is 11.3 Å². The van der Waals surface area contributed by atoms with Crippen LogP contribution in [0.25, 0.3) is 27.0 Å². The van der Waals surface area contributed by atoms with Crippen LogP contribution in [0.4, 0.5) is 18.2 Å². The van der Waals surface area contributed by atoms with Crippen molar-refractivity contribution in [1.82, 2.24) is 24.9 Å². The van der Waals surface area contributed by atoms with Crippen LogP contribution < -0.4 is 26.4 Å². The van der Waals surface area contributed by atoms with Gasteiger partial charge in [0.1, 0.15) is 48.7 Å². The Balaban J connectivity index is 1.28. The molecule has 12 nitrogen and oxygen atoms in total. The van der Waals surface area contributed by atoms with E-state index >= 15 is 8.78 Å². The number of nitrogen functional groups attached to an aromatic ring is 1. The van der Waals surface area contributed by atoms with E-state index in [2.05, 4.69) is 16.3 Å². The molecule has 1 amide bonds. The van der Waals surface area contributed by atoms with Gasteiger partial charge in [0, 0.05) is 50.6 Å². The third kappa shape index (κ3) is 5.98. The van der Waals surface area contributed by atoms with Gasteiger partial charge in [0.2, 0.25) is 5.91 Å². The molecule has 3 fully saturated rings. The topological polar surface area (TPSA) is 156 Å². The standard InChI is InChI=1S/C36H35ClF3N9O3S/c1-46(35(50)23-14-44-23)8-3-9-47-16-24(51-17-36-6-2-10-49(36)15-19(38)12-36)52-31-27-30(45-18-48(11-7-41)34(27)47)28(37)26(29(31)40)20-4-5-22(39)32-25(20)21(13-42)33(43)53-32/h4-5,16,19,23,44H,2-3,6,8-12,14-15,17-18,43H2,1H3/t19-,23-,36+/m1/s1. The van der Waals surface area contributed by atoms with E-state index in [4.69, 9.17) is 31.8 Å². The summed E-state index contributed by atoms with van der Waals surface area (Å²) in [6.07, 6.45) is 2.99. The van der Waals surface area contributed by atoms with E-state index < -0.39 is 23.3 Å². The van der Waals surface area contributed by atoms with Gasteiger partial charge in [-0.1, -0.05) is 17.7 Å². The molecule has 0 radical (unpaired) electrons. The lowest BCUT2D eigenvalue weighted by Crippen LogP contribution is -2.47. The molecule has 3 saturated heterocycles. The zero-order valence-electron chi connectivity index (χ0n) is 28.7. The van der Waals surface area contributed by atoms with Crippen LogP contribution in [0, 0.1) is 34.3 Å². The summed E-state index contributed by atoms with van der Waals surface area (Å²) < 4.78 is 60.1. The lowest BCUT2D eigenvalue weighted by Gasteiger charge is -2.33. The van der Waals surface area contributed by atoms with E-state index in [-0.39, 0.29) is 90.8 Å². The largest absolute Gasteiger partial charge is 0.462 e. The molecule has 276 valence electrons. The highest BCUT2D eigenvalue weighted by Gasteiger charge is 2.49. The second-order valence-electron chi connectivity index (χ2n) is 14.0. The highest BCUT2D eigenvalue weighted by Crippen LogP contribution is 2.45. The molecule has 0 unspecified atom stereocenters. The molecule has 2 aromatic carbocycles. The number of ether oxygens (including phenoxy) is 2. The molecule has 0 saturated carbocycles. The zero-order chi connectivity index (χ0) is 37.2. The van der Waals surface area contributed by atoms with E-state index in [0.717, 1.165) is 36.8 Å². The van der Waals surface area contributed by atoms with Gasteiger partial charge < -0.3 is 35.2 Å². The van der Waals surface area contributed by atoms with Gasteiger partial charge in [0.25, 0.3) is 0 Å². The molecular formula is C36H35ClF3N9O3S. The number of likely N-dealkylation sites (N-methyl/N-ethyl adjacent to an activating group) is 1. The molecule has 6 heterocycles.